The van der Waals surface area contributed by atoms with Crippen LogP contribution in [0.4, 0.5) is 0 Å². The summed E-state index contributed by atoms with van der Waals surface area (Å²) in [6.45, 7) is 6.58. The zero-order chi connectivity index (χ0) is 22.1. The van der Waals surface area contributed by atoms with E-state index in [0.717, 1.165) is 30.4 Å². The first kappa shape index (κ1) is 23.0. The van der Waals surface area contributed by atoms with Crippen LogP contribution >= 0.6 is 0 Å². The van der Waals surface area contributed by atoms with Gasteiger partial charge in [0, 0.05) is 12.8 Å². The van der Waals surface area contributed by atoms with Crippen molar-refractivity contribution in [1.82, 2.24) is 0 Å². The number of unbranched alkanes of at least 4 members (excludes halogenated alkanes) is 2. The maximum Gasteiger partial charge on any atom is 0.141 e. The highest BCUT2D eigenvalue weighted by Crippen LogP contribution is 2.25. The van der Waals surface area contributed by atoms with Crippen molar-refractivity contribution in [3.05, 3.63) is 94.5 Å². The average Bonchev–Trinajstić information content (AvgIpc) is 2.76. The number of hydrogen-bond acceptors (Lipinski definition) is 1. The third kappa shape index (κ3) is 6.92. The second kappa shape index (κ2) is 11.6. The van der Waals surface area contributed by atoms with Crippen molar-refractivity contribution >= 4 is 5.78 Å². The molecule has 0 radical (unpaired) electrons. The standard InChI is InChI=1S/C30H36O/c1-4-6-7-9-25-14-17-28(18-15-25)30-19-16-27(20-23(30)3)22-29(31)21-26-12-10-24(8-5-2)11-13-26/h10-20H,4-9,21-22H2,1-3H3. The normalized spacial score (nSPS) is 10.9. The van der Waals surface area contributed by atoms with E-state index in [0.29, 0.717) is 12.8 Å². The molecule has 0 saturated heterocycles. The van der Waals surface area contributed by atoms with Gasteiger partial charge in [-0.3, -0.25) is 4.79 Å². The van der Waals surface area contributed by atoms with Gasteiger partial charge in [0.25, 0.3) is 0 Å². The Balaban J connectivity index is 1.60. The first-order valence-electron chi connectivity index (χ1n) is 11.9. The van der Waals surface area contributed by atoms with Crippen molar-refractivity contribution in [3.8, 4) is 11.1 Å². The van der Waals surface area contributed by atoms with Gasteiger partial charge in [-0.15, -0.1) is 0 Å². The first-order valence-corrected chi connectivity index (χ1v) is 11.9. The smallest absolute Gasteiger partial charge is 0.141 e. The van der Waals surface area contributed by atoms with E-state index in [2.05, 4.69) is 87.5 Å². The molecule has 0 spiro atoms. The number of aryl methyl sites for hydroxylation is 3. The predicted molar refractivity (Wildman–Crippen MR) is 133 cm³/mol. The van der Waals surface area contributed by atoms with Gasteiger partial charge < -0.3 is 0 Å². The number of ketones is 1. The Kier molecular flexibility index (Phi) is 8.64. The molecule has 1 heteroatoms. The number of Topliss-reactive ketones (excluding diaryl/α,β-unsaturated/α-hetero) is 1. The summed E-state index contributed by atoms with van der Waals surface area (Å²) in [6.07, 6.45) is 8.23. The number of carbonyl (C=O) groups excluding carboxylic acids is 1. The fourth-order valence-electron chi connectivity index (χ4n) is 4.22. The number of rotatable bonds is 11. The molecule has 0 N–H and O–H groups in total. The van der Waals surface area contributed by atoms with Crippen LogP contribution in [0.2, 0.25) is 0 Å². The van der Waals surface area contributed by atoms with Crippen molar-refractivity contribution in [3.63, 3.8) is 0 Å². The highest BCUT2D eigenvalue weighted by molar-refractivity contribution is 5.83. The van der Waals surface area contributed by atoms with Gasteiger partial charge in [-0.2, -0.15) is 0 Å². The molecular weight excluding hydrogens is 376 g/mol. The lowest BCUT2D eigenvalue weighted by Gasteiger charge is -2.10. The largest absolute Gasteiger partial charge is 0.299 e. The summed E-state index contributed by atoms with van der Waals surface area (Å²) in [5.41, 5.74) is 8.71. The van der Waals surface area contributed by atoms with Crippen LogP contribution in [-0.2, 0) is 30.5 Å². The van der Waals surface area contributed by atoms with Gasteiger partial charge in [0.05, 0.1) is 0 Å². The Hall–Kier alpha value is -2.67. The van der Waals surface area contributed by atoms with E-state index in [1.807, 2.05) is 0 Å². The summed E-state index contributed by atoms with van der Waals surface area (Å²) in [6, 6.07) is 23.9. The Bertz CT molecular complexity index is 964. The third-order valence-corrected chi connectivity index (χ3v) is 5.99. The summed E-state index contributed by atoms with van der Waals surface area (Å²) >= 11 is 0. The van der Waals surface area contributed by atoms with E-state index in [-0.39, 0.29) is 5.78 Å². The van der Waals surface area contributed by atoms with Gasteiger partial charge in [0.1, 0.15) is 5.78 Å². The molecule has 3 aromatic carbocycles. The van der Waals surface area contributed by atoms with Crippen LogP contribution < -0.4 is 0 Å². The zero-order valence-corrected chi connectivity index (χ0v) is 19.4. The minimum absolute atomic E-state index is 0.270. The maximum absolute atomic E-state index is 12.6. The fraction of sp³-hybridized carbons (Fsp3) is 0.367. The van der Waals surface area contributed by atoms with Gasteiger partial charge in [-0.25, -0.2) is 0 Å². The number of carbonyl (C=O) groups is 1. The molecule has 3 rings (SSSR count). The lowest BCUT2D eigenvalue weighted by Crippen LogP contribution is -2.07. The van der Waals surface area contributed by atoms with Crippen LogP contribution in [0.3, 0.4) is 0 Å². The molecule has 0 aliphatic heterocycles. The Labute approximate surface area is 188 Å². The lowest BCUT2D eigenvalue weighted by molar-refractivity contribution is -0.117. The molecule has 0 bridgehead atoms. The topological polar surface area (TPSA) is 17.1 Å². The molecule has 31 heavy (non-hydrogen) atoms. The van der Waals surface area contributed by atoms with Crippen molar-refractivity contribution in [2.45, 2.75) is 72.1 Å². The highest BCUT2D eigenvalue weighted by atomic mass is 16.1. The van der Waals surface area contributed by atoms with Crippen LogP contribution in [0, 0.1) is 6.92 Å². The van der Waals surface area contributed by atoms with Crippen molar-refractivity contribution in [2.75, 3.05) is 0 Å². The van der Waals surface area contributed by atoms with E-state index < -0.39 is 0 Å². The van der Waals surface area contributed by atoms with E-state index in [1.54, 1.807) is 0 Å². The zero-order valence-electron chi connectivity index (χ0n) is 19.4. The van der Waals surface area contributed by atoms with Crippen LogP contribution in [0.15, 0.2) is 66.7 Å². The molecule has 0 atom stereocenters. The molecule has 0 aliphatic rings. The van der Waals surface area contributed by atoms with E-state index in [4.69, 9.17) is 0 Å². The monoisotopic (exact) mass is 412 g/mol. The van der Waals surface area contributed by atoms with Crippen molar-refractivity contribution in [1.29, 1.82) is 0 Å². The lowest BCUT2D eigenvalue weighted by atomic mass is 9.94. The summed E-state index contributed by atoms with van der Waals surface area (Å²) in [7, 11) is 0. The molecule has 1 nitrogen and oxygen atoms in total. The Morgan fingerprint density at radius 3 is 1.87 bits per heavy atom. The molecule has 162 valence electrons. The summed E-state index contributed by atoms with van der Waals surface area (Å²) < 4.78 is 0. The molecule has 0 unspecified atom stereocenters. The average molecular weight is 413 g/mol. The summed E-state index contributed by atoms with van der Waals surface area (Å²) in [4.78, 5) is 12.6. The second-order valence-corrected chi connectivity index (χ2v) is 8.76. The number of hydrogen-bond donors (Lipinski definition) is 0. The van der Waals surface area contributed by atoms with Gasteiger partial charge in [-0.05, 0) is 65.1 Å². The molecule has 0 heterocycles. The van der Waals surface area contributed by atoms with E-state index >= 15 is 0 Å². The molecule has 0 fully saturated rings. The van der Waals surface area contributed by atoms with Gasteiger partial charge in [0.2, 0.25) is 0 Å². The number of benzene rings is 3. The Morgan fingerprint density at radius 1 is 0.645 bits per heavy atom. The van der Waals surface area contributed by atoms with Crippen LogP contribution in [0.1, 0.15) is 67.3 Å². The SMILES string of the molecule is CCCCCc1ccc(-c2ccc(CC(=O)Cc3ccc(CCC)cc3)cc2C)cc1. The molecular formula is C30H36O. The minimum Gasteiger partial charge on any atom is -0.299 e. The van der Waals surface area contributed by atoms with Crippen molar-refractivity contribution in [2.24, 2.45) is 0 Å². The van der Waals surface area contributed by atoms with Crippen LogP contribution in [0.5, 0.6) is 0 Å². The van der Waals surface area contributed by atoms with E-state index in [1.165, 1.54) is 47.1 Å². The van der Waals surface area contributed by atoms with Gasteiger partial charge in [-0.1, -0.05) is 99.8 Å². The minimum atomic E-state index is 0.270. The quantitative estimate of drug-likeness (QED) is 0.295. The molecule has 3 aromatic rings. The van der Waals surface area contributed by atoms with Crippen LogP contribution in [-0.4, -0.2) is 5.78 Å². The van der Waals surface area contributed by atoms with Gasteiger partial charge >= 0.3 is 0 Å². The predicted octanol–water partition coefficient (Wildman–Crippen LogP) is 7.70. The summed E-state index contributed by atoms with van der Waals surface area (Å²) in [5, 5.41) is 0. The molecule has 0 aliphatic carbocycles. The molecule has 0 aromatic heterocycles. The van der Waals surface area contributed by atoms with Crippen LogP contribution in [0.25, 0.3) is 11.1 Å². The van der Waals surface area contributed by atoms with E-state index in [9.17, 15) is 4.79 Å². The molecule has 0 amide bonds. The first-order chi connectivity index (χ1) is 15.1. The molecule has 0 saturated carbocycles. The van der Waals surface area contributed by atoms with Gasteiger partial charge in [0.15, 0.2) is 0 Å². The third-order valence-electron chi connectivity index (χ3n) is 5.99. The van der Waals surface area contributed by atoms with Crippen molar-refractivity contribution < 1.29 is 4.79 Å². The maximum atomic E-state index is 12.6. The fourth-order valence-corrected chi connectivity index (χ4v) is 4.22. The Morgan fingerprint density at radius 2 is 1.23 bits per heavy atom. The second-order valence-electron chi connectivity index (χ2n) is 8.76. The summed E-state index contributed by atoms with van der Waals surface area (Å²) in [5.74, 6) is 0.270. The highest BCUT2D eigenvalue weighted by Gasteiger charge is 2.09.